The molecule has 0 aliphatic rings. The number of hydrogen-bond donors (Lipinski definition) is 0. The van der Waals surface area contributed by atoms with Crippen molar-refractivity contribution in [3.63, 3.8) is 0 Å². The zero-order valence-electron chi connectivity index (χ0n) is 13.8. The van der Waals surface area contributed by atoms with Crippen LogP contribution in [0.1, 0.15) is 12.5 Å². The summed E-state index contributed by atoms with van der Waals surface area (Å²) in [5.74, 6) is 0.741. The third-order valence-electron chi connectivity index (χ3n) is 4.02. The molecular formula is C17H18N4O3. The monoisotopic (exact) mass is 326 g/mol. The van der Waals surface area contributed by atoms with Crippen molar-refractivity contribution >= 4 is 16.7 Å². The van der Waals surface area contributed by atoms with Crippen molar-refractivity contribution in [1.29, 1.82) is 0 Å². The van der Waals surface area contributed by atoms with Crippen molar-refractivity contribution in [3.8, 4) is 5.75 Å². The molecule has 0 fully saturated rings. The van der Waals surface area contributed by atoms with E-state index in [9.17, 15) is 9.59 Å². The Morgan fingerprint density at radius 2 is 1.92 bits per heavy atom. The predicted molar refractivity (Wildman–Crippen MR) is 92.3 cm³/mol. The van der Waals surface area contributed by atoms with Crippen LogP contribution in [0.3, 0.4) is 0 Å². The van der Waals surface area contributed by atoms with Crippen LogP contribution in [0.25, 0.3) is 16.7 Å². The SMILES string of the molecule is C=C(c1ccc(OC)cc1)n1cc2c(=O)n(CC)c(=O)n(C)c2n1. The van der Waals surface area contributed by atoms with E-state index in [1.807, 2.05) is 24.3 Å². The number of methoxy groups -OCH3 is 1. The van der Waals surface area contributed by atoms with Crippen LogP contribution in [-0.4, -0.2) is 26.0 Å². The van der Waals surface area contributed by atoms with Crippen LogP contribution in [0.2, 0.25) is 0 Å². The largest absolute Gasteiger partial charge is 0.497 e. The fraction of sp³-hybridized carbons (Fsp3) is 0.235. The van der Waals surface area contributed by atoms with Gasteiger partial charge in [-0.15, -0.1) is 5.10 Å². The summed E-state index contributed by atoms with van der Waals surface area (Å²) in [5.41, 5.74) is 1.05. The van der Waals surface area contributed by atoms with E-state index in [-0.39, 0.29) is 11.2 Å². The second kappa shape index (κ2) is 5.84. The van der Waals surface area contributed by atoms with Crippen molar-refractivity contribution in [1.82, 2.24) is 18.9 Å². The predicted octanol–water partition coefficient (Wildman–Crippen LogP) is 1.44. The Morgan fingerprint density at radius 3 is 2.50 bits per heavy atom. The average molecular weight is 326 g/mol. The third kappa shape index (κ3) is 2.34. The second-order valence-corrected chi connectivity index (χ2v) is 5.38. The van der Waals surface area contributed by atoms with Gasteiger partial charge in [0.15, 0.2) is 5.65 Å². The van der Waals surface area contributed by atoms with Crippen LogP contribution in [-0.2, 0) is 13.6 Å². The number of hydrogen-bond acceptors (Lipinski definition) is 4. The summed E-state index contributed by atoms with van der Waals surface area (Å²) in [7, 11) is 3.20. The molecule has 7 heteroatoms. The third-order valence-corrected chi connectivity index (χ3v) is 4.02. The van der Waals surface area contributed by atoms with Crippen LogP contribution in [0.4, 0.5) is 0 Å². The molecule has 0 saturated carbocycles. The zero-order chi connectivity index (χ0) is 17.4. The first-order chi connectivity index (χ1) is 11.5. The summed E-state index contributed by atoms with van der Waals surface area (Å²) in [6.07, 6.45) is 1.61. The van der Waals surface area contributed by atoms with Crippen molar-refractivity contribution in [3.05, 3.63) is 63.4 Å². The smallest absolute Gasteiger partial charge is 0.332 e. The molecule has 0 unspecified atom stereocenters. The summed E-state index contributed by atoms with van der Waals surface area (Å²) in [5, 5.41) is 4.75. The summed E-state index contributed by atoms with van der Waals surface area (Å²) in [6.45, 7) is 6.10. The van der Waals surface area contributed by atoms with E-state index < -0.39 is 0 Å². The molecule has 0 N–H and O–H groups in total. The average Bonchev–Trinajstić information content (AvgIpc) is 3.05. The highest BCUT2D eigenvalue weighted by Gasteiger charge is 2.15. The summed E-state index contributed by atoms with van der Waals surface area (Å²) in [6, 6.07) is 7.36. The molecule has 124 valence electrons. The van der Waals surface area contributed by atoms with Crippen LogP contribution in [0, 0.1) is 0 Å². The minimum absolute atomic E-state index is 0.312. The zero-order valence-corrected chi connectivity index (χ0v) is 13.8. The first-order valence-corrected chi connectivity index (χ1v) is 7.50. The second-order valence-electron chi connectivity index (χ2n) is 5.38. The van der Waals surface area contributed by atoms with Gasteiger partial charge >= 0.3 is 5.69 Å². The standard InChI is InChI=1S/C17H18N4O3/c1-5-20-16(22)14-10-21(18-15(14)19(3)17(20)23)11(2)12-6-8-13(24-4)9-7-12/h6-10H,2,5H2,1,3-4H3. The van der Waals surface area contributed by atoms with Gasteiger partial charge in [-0.05, 0) is 36.8 Å². The van der Waals surface area contributed by atoms with Crippen molar-refractivity contribution in [2.45, 2.75) is 13.5 Å². The Morgan fingerprint density at radius 1 is 1.25 bits per heavy atom. The normalized spacial score (nSPS) is 11.0. The number of benzene rings is 1. The Balaban J connectivity index is 2.15. The molecule has 0 spiro atoms. The van der Waals surface area contributed by atoms with Gasteiger partial charge in [0.2, 0.25) is 0 Å². The Kier molecular flexibility index (Phi) is 3.84. The van der Waals surface area contributed by atoms with E-state index >= 15 is 0 Å². The lowest BCUT2D eigenvalue weighted by Gasteiger charge is -2.06. The maximum absolute atomic E-state index is 12.4. The van der Waals surface area contributed by atoms with E-state index in [4.69, 9.17) is 4.74 Å². The maximum atomic E-state index is 12.4. The molecule has 0 bridgehead atoms. The van der Waals surface area contributed by atoms with Gasteiger partial charge in [-0.3, -0.25) is 13.9 Å². The molecule has 2 aromatic heterocycles. The number of fused-ring (bicyclic) bond motifs is 1. The molecule has 0 saturated heterocycles. The van der Waals surface area contributed by atoms with Crippen molar-refractivity contribution in [2.24, 2.45) is 7.05 Å². The highest BCUT2D eigenvalue weighted by molar-refractivity contribution is 5.76. The number of aromatic nitrogens is 4. The molecule has 0 amide bonds. The Labute approximate surface area is 138 Å². The molecule has 7 nitrogen and oxygen atoms in total. The van der Waals surface area contributed by atoms with Gasteiger partial charge in [-0.2, -0.15) is 0 Å². The summed E-state index contributed by atoms with van der Waals surface area (Å²) < 4.78 is 9.22. The lowest BCUT2D eigenvalue weighted by Crippen LogP contribution is -2.38. The molecule has 2 heterocycles. The lowest BCUT2D eigenvalue weighted by atomic mass is 10.2. The molecule has 0 radical (unpaired) electrons. The van der Waals surface area contributed by atoms with Gasteiger partial charge in [0.1, 0.15) is 11.1 Å². The van der Waals surface area contributed by atoms with Crippen LogP contribution in [0.5, 0.6) is 5.75 Å². The van der Waals surface area contributed by atoms with Crippen molar-refractivity contribution in [2.75, 3.05) is 7.11 Å². The molecule has 0 aliphatic carbocycles. The molecule has 1 aromatic carbocycles. The fourth-order valence-electron chi connectivity index (χ4n) is 2.60. The molecular weight excluding hydrogens is 308 g/mol. The highest BCUT2D eigenvalue weighted by Crippen LogP contribution is 2.19. The molecule has 24 heavy (non-hydrogen) atoms. The van der Waals surface area contributed by atoms with Crippen molar-refractivity contribution < 1.29 is 4.74 Å². The molecule has 3 rings (SSSR count). The first-order valence-electron chi connectivity index (χ1n) is 7.50. The maximum Gasteiger partial charge on any atom is 0.332 e. The van der Waals surface area contributed by atoms with E-state index in [1.165, 1.54) is 13.8 Å². The minimum Gasteiger partial charge on any atom is -0.497 e. The topological polar surface area (TPSA) is 71.0 Å². The van der Waals surface area contributed by atoms with Crippen LogP contribution >= 0.6 is 0 Å². The Hall–Kier alpha value is -3.09. The minimum atomic E-state index is -0.379. The van der Waals surface area contributed by atoms with E-state index in [2.05, 4.69) is 11.7 Å². The van der Waals surface area contributed by atoms with E-state index in [0.717, 1.165) is 11.3 Å². The summed E-state index contributed by atoms with van der Waals surface area (Å²) >= 11 is 0. The number of rotatable bonds is 4. The number of ether oxygens (including phenoxy) is 1. The number of nitrogens with zero attached hydrogens (tertiary/aromatic N) is 4. The van der Waals surface area contributed by atoms with Gasteiger partial charge in [0, 0.05) is 19.8 Å². The highest BCUT2D eigenvalue weighted by atomic mass is 16.5. The van der Waals surface area contributed by atoms with Gasteiger partial charge in [-0.25, -0.2) is 9.48 Å². The van der Waals surface area contributed by atoms with Gasteiger partial charge in [-0.1, -0.05) is 6.58 Å². The van der Waals surface area contributed by atoms with Gasteiger partial charge in [0.05, 0.1) is 12.8 Å². The number of aryl methyl sites for hydroxylation is 1. The van der Waals surface area contributed by atoms with Gasteiger partial charge in [0.25, 0.3) is 5.56 Å². The summed E-state index contributed by atoms with van der Waals surface area (Å²) in [4.78, 5) is 24.6. The lowest BCUT2D eigenvalue weighted by molar-refractivity contribution is 0.415. The fourth-order valence-corrected chi connectivity index (χ4v) is 2.60. The quantitative estimate of drug-likeness (QED) is 0.727. The molecule has 0 atom stereocenters. The van der Waals surface area contributed by atoms with Crippen LogP contribution in [0.15, 0.2) is 46.6 Å². The molecule has 3 aromatic rings. The van der Waals surface area contributed by atoms with E-state index in [0.29, 0.717) is 23.3 Å². The molecule has 0 aliphatic heterocycles. The first kappa shape index (κ1) is 15.8. The van der Waals surface area contributed by atoms with Gasteiger partial charge < -0.3 is 4.74 Å². The Bertz CT molecular complexity index is 1040. The van der Waals surface area contributed by atoms with E-state index in [1.54, 1.807) is 27.3 Å². The van der Waals surface area contributed by atoms with Crippen LogP contribution < -0.4 is 16.0 Å².